The highest BCUT2D eigenvalue weighted by atomic mass is 19.1. The molecule has 1 atom stereocenters. The first-order valence-electron chi connectivity index (χ1n) is 11.6. The molecule has 0 aliphatic carbocycles. The zero-order chi connectivity index (χ0) is 24.9. The molecule has 1 aromatic heterocycles. The SMILES string of the molecule is CC(C)NC(O)N1CCN(c2cc(C(N)=O)nc(-c3ccc(Oc4ccc(F)cc4)cc3)c2)CC1. The molecule has 8 nitrogen and oxygen atoms in total. The van der Waals surface area contributed by atoms with Crippen molar-refractivity contribution in [1.82, 2.24) is 15.2 Å². The van der Waals surface area contributed by atoms with E-state index < -0.39 is 12.3 Å². The van der Waals surface area contributed by atoms with E-state index in [1.54, 1.807) is 30.3 Å². The first kappa shape index (κ1) is 24.6. The number of nitrogens with zero attached hydrogens (tertiary/aromatic N) is 3. The number of nitrogens with one attached hydrogen (secondary N) is 1. The third-order valence-electron chi connectivity index (χ3n) is 5.77. The van der Waals surface area contributed by atoms with Crippen LogP contribution >= 0.6 is 0 Å². The molecule has 1 saturated heterocycles. The number of rotatable bonds is 8. The van der Waals surface area contributed by atoms with Crippen LogP contribution in [0.25, 0.3) is 11.3 Å². The van der Waals surface area contributed by atoms with Gasteiger partial charge in [-0.1, -0.05) is 0 Å². The number of hydrogen-bond donors (Lipinski definition) is 3. The van der Waals surface area contributed by atoms with Crippen LogP contribution < -0.4 is 20.7 Å². The Morgan fingerprint density at radius 3 is 2.20 bits per heavy atom. The highest BCUT2D eigenvalue weighted by molar-refractivity contribution is 5.92. The van der Waals surface area contributed by atoms with Gasteiger partial charge >= 0.3 is 0 Å². The Balaban J connectivity index is 1.50. The van der Waals surface area contributed by atoms with Gasteiger partial charge in [-0.15, -0.1) is 0 Å². The Labute approximate surface area is 204 Å². The number of carbonyl (C=O) groups excluding carboxylic acids is 1. The summed E-state index contributed by atoms with van der Waals surface area (Å²) in [6.45, 7) is 6.68. The van der Waals surface area contributed by atoms with Crippen LogP contribution in [0.15, 0.2) is 60.7 Å². The van der Waals surface area contributed by atoms with Crippen molar-refractivity contribution in [3.05, 3.63) is 72.2 Å². The maximum atomic E-state index is 13.1. The van der Waals surface area contributed by atoms with E-state index in [-0.39, 0.29) is 17.6 Å². The number of benzene rings is 2. The second kappa shape index (κ2) is 10.8. The molecule has 3 aromatic rings. The number of aliphatic hydroxyl groups is 1. The number of pyridine rings is 1. The van der Waals surface area contributed by atoms with Gasteiger partial charge in [0.15, 0.2) is 6.35 Å². The van der Waals surface area contributed by atoms with E-state index in [1.807, 2.05) is 36.9 Å². The van der Waals surface area contributed by atoms with Crippen LogP contribution in [0, 0.1) is 5.82 Å². The maximum Gasteiger partial charge on any atom is 0.267 e. The first-order chi connectivity index (χ1) is 16.8. The number of aliphatic hydroxyl groups excluding tert-OH is 1. The zero-order valence-electron chi connectivity index (χ0n) is 19.8. The molecule has 1 fully saturated rings. The number of carbonyl (C=O) groups is 1. The van der Waals surface area contributed by atoms with Crippen LogP contribution in [0.4, 0.5) is 10.1 Å². The van der Waals surface area contributed by atoms with Crippen molar-refractivity contribution >= 4 is 11.6 Å². The molecular formula is C26H30FN5O3. The van der Waals surface area contributed by atoms with Crippen molar-refractivity contribution in [2.75, 3.05) is 31.1 Å². The van der Waals surface area contributed by atoms with Gasteiger partial charge in [0.2, 0.25) is 0 Å². The molecule has 1 aliphatic heterocycles. The predicted octanol–water partition coefficient (Wildman–Crippen LogP) is 3.17. The van der Waals surface area contributed by atoms with E-state index in [0.29, 0.717) is 43.4 Å². The average molecular weight is 480 g/mol. The molecule has 0 radical (unpaired) electrons. The summed E-state index contributed by atoms with van der Waals surface area (Å²) in [6, 6.07) is 16.9. The van der Waals surface area contributed by atoms with Crippen LogP contribution in [-0.2, 0) is 0 Å². The lowest BCUT2D eigenvalue weighted by Gasteiger charge is -2.39. The summed E-state index contributed by atoms with van der Waals surface area (Å²) in [5, 5.41) is 13.4. The summed E-state index contributed by atoms with van der Waals surface area (Å²) in [6.07, 6.45) is -0.693. The molecule has 184 valence electrons. The first-order valence-corrected chi connectivity index (χ1v) is 11.6. The molecular weight excluding hydrogens is 449 g/mol. The molecule has 0 bridgehead atoms. The van der Waals surface area contributed by atoms with Gasteiger partial charge in [-0.05, 0) is 74.5 Å². The van der Waals surface area contributed by atoms with Gasteiger partial charge < -0.3 is 20.5 Å². The Bertz CT molecular complexity index is 1150. The summed E-state index contributed by atoms with van der Waals surface area (Å²) in [5.41, 5.74) is 8.03. The van der Waals surface area contributed by atoms with E-state index in [0.717, 1.165) is 11.3 Å². The topological polar surface area (TPSA) is 104 Å². The molecule has 1 amide bonds. The molecule has 4 rings (SSSR count). The fraction of sp³-hybridized carbons (Fsp3) is 0.308. The van der Waals surface area contributed by atoms with Crippen molar-refractivity contribution < 1.29 is 19.0 Å². The van der Waals surface area contributed by atoms with Crippen LogP contribution in [-0.4, -0.2) is 59.5 Å². The number of anilines is 1. The lowest BCUT2D eigenvalue weighted by Crippen LogP contribution is -2.56. The zero-order valence-corrected chi connectivity index (χ0v) is 19.8. The van der Waals surface area contributed by atoms with E-state index >= 15 is 0 Å². The summed E-state index contributed by atoms with van der Waals surface area (Å²) >= 11 is 0. The second-order valence-electron chi connectivity index (χ2n) is 8.76. The number of hydrogen-bond acceptors (Lipinski definition) is 7. The summed E-state index contributed by atoms with van der Waals surface area (Å²) in [4.78, 5) is 20.6. The largest absolute Gasteiger partial charge is 0.457 e. The molecule has 4 N–H and O–H groups in total. The molecule has 0 saturated carbocycles. The lowest BCUT2D eigenvalue weighted by atomic mass is 10.1. The van der Waals surface area contributed by atoms with Crippen molar-refractivity contribution in [2.45, 2.75) is 26.2 Å². The lowest BCUT2D eigenvalue weighted by molar-refractivity contribution is -0.0303. The molecule has 2 aromatic carbocycles. The minimum atomic E-state index is -0.693. The molecule has 1 unspecified atom stereocenters. The number of primary amides is 1. The van der Waals surface area contributed by atoms with E-state index in [4.69, 9.17) is 10.5 Å². The van der Waals surface area contributed by atoms with Gasteiger partial charge in [0.25, 0.3) is 5.91 Å². The highest BCUT2D eigenvalue weighted by Gasteiger charge is 2.24. The van der Waals surface area contributed by atoms with Crippen LogP contribution in [0.5, 0.6) is 11.5 Å². The third-order valence-corrected chi connectivity index (χ3v) is 5.77. The minimum Gasteiger partial charge on any atom is -0.457 e. The second-order valence-corrected chi connectivity index (χ2v) is 8.76. The van der Waals surface area contributed by atoms with Gasteiger partial charge in [0.05, 0.1) is 5.69 Å². The molecule has 1 aliphatic rings. The standard InChI is InChI=1S/C26H30FN5O3/c1-17(2)29-26(34)32-13-11-31(12-14-32)20-15-23(30-24(16-20)25(28)33)18-3-7-21(8-4-18)35-22-9-5-19(27)6-10-22/h3-10,15-17,26,29,34H,11-14H2,1-2H3,(H2,28,33). The van der Waals surface area contributed by atoms with Crippen LogP contribution in [0.1, 0.15) is 24.3 Å². The third kappa shape index (κ3) is 6.33. The molecule has 35 heavy (non-hydrogen) atoms. The Morgan fingerprint density at radius 2 is 1.63 bits per heavy atom. The Kier molecular flexibility index (Phi) is 7.60. The van der Waals surface area contributed by atoms with Crippen LogP contribution in [0.3, 0.4) is 0 Å². The predicted molar refractivity (Wildman–Crippen MR) is 133 cm³/mol. The van der Waals surface area contributed by atoms with E-state index in [1.165, 1.54) is 12.1 Å². The van der Waals surface area contributed by atoms with Gasteiger partial charge in [0.1, 0.15) is 23.0 Å². The number of nitrogens with two attached hydrogens (primary N) is 1. The Morgan fingerprint density at radius 1 is 1.03 bits per heavy atom. The van der Waals surface area contributed by atoms with Crippen molar-refractivity contribution in [1.29, 1.82) is 0 Å². The highest BCUT2D eigenvalue weighted by Crippen LogP contribution is 2.28. The molecule has 2 heterocycles. The number of aromatic nitrogens is 1. The number of amides is 1. The fourth-order valence-corrected chi connectivity index (χ4v) is 3.93. The van der Waals surface area contributed by atoms with Crippen LogP contribution in [0.2, 0.25) is 0 Å². The normalized spacial score (nSPS) is 15.3. The summed E-state index contributed by atoms with van der Waals surface area (Å²) in [5.74, 6) is 0.202. The maximum absolute atomic E-state index is 13.1. The minimum absolute atomic E-state index is 0.177. The van der Waals surface area contributed by atoms with Crippen molar-refractivity contribution in [3.63, 3.8) is 0 Å². The number of piperazine rings is 1. The Hall–Kier alpha value is -3.53. The summed E-state index contributed by atoms with van der Waals surface area (Å²) in [7, 11) is 0. The van der Waals surface area contributed by atoms with Gasteiger partial charge in [-0.2, -0.15) is 0 Å². The molecule has 9 heteroatoms. The quantitative estimate of drug-likeness (QED) is 0.426. The van der Waals surface area contributed by atoms with Crippen molar-refractivity contribution in [2.24, 2.45) is 5.73 Å². The van der Waals surface area contributed by atoms with Gasteiger partial charge in [-0.25, -0.2) is 9.37 Å². The monoisotopic (exact) mass is 479 g/mol. The fourth-order valence-electron chi connectivity index (χ4n) is 3.93. The number of halogens is 1. The average Bonchev–Trinajstić information content (AvgIpc) is 2.85. The summed E-state index contributed by atoms with van der Waals surface area (Å²) < 4.78 is 18.9. The van der Waals surface area contributed by atoms with Crippen molar-refractivity contribution in [3.8, 4) is 22.8 Å². The van der Waals surface area contributed by atoms with Gasteiger partial charge in [0, 0.05) is 43.5 Å². The number of ether oxygens (including phenoxy) is 1. The van der Waals surface area contributed by atoms with E-state index in [9.17, 15) is 14.3 Å². The van der Waals surface area contributed by atoms with Gasteiger partial charge in [-0.3, -0.25) is 15.0 Å². The van der Waals surface area contributed by atoms with E-state index in [2.05, 4.69) is 15.2 Å². The molecule has 0 spiro atoms. The smallest absolute Gasteiger partial charge is 0.267 e.